The Kier molecular flexibility index (Phi) is 16.5. The predicted molar refractivity (Wildman–Crippen MR) is 466 cm³/mol. The molecule has 0 bridgehead atoms. The highest BCUT2D eigenvalue weighted by atomic mass is 32.1. The van der Waals surface area contributed by atoms with Gasteiger partial charge in [-0.1, -0.05) is 315 Å². The first-order chi connectivity index (χ1) is 53.5. The molecular weight excluding hydrogens is 1340 g/mol. The van der Waals surface area contributed by atoms with Crippen LogP contribution in [0.2, 0.25) is 0 Å². The highest BCUT2D eigenvalue weighted by Crippen LogP contribution is 2.53. The summed E-state index contributed by atoms with van der Waals surface area (Å²) in [5.74, 6) is 0. The molecule has 0 aliphatic heterocycles. The van der Waals surface area contributed by atoms with Crippen LogP contribution in [0.1, 0.15) is 18.4 Å². The summed E-state index contributed by atoms with van der Waals surface area (Å²) in [6, 6.07) is 145. The largest absolute Gasteiger partial charge is 0.313 e. The molecule has 0 atom stereocenters. The van der Waals surface area contributed by atoms with Crippen LogP contribution in [0, 0.1) is 0 Å². The van der Waals surface area contributed by atoms with Gasteiger partial charge in [0.2, 0.25) is 0 Å². The fraction of sp³-hybridized carbons (Fsp3) is 0.0192. The zero-order valence-corrected chi connectivity index (χ0v) is 60.9. The molecule has 0 saturated carbocycles. The van der Waals surface area contributed by atoms with E-state index < -0.39 is 0 Å². The Hall–Kier alpha value is -13.2. The second-order valence-electron chi connectivity index (χ2n) is 28.1. The summed E-state index contributed by atoms with van der Waals surface area (Å²) in [4.78, 5) is 5.17. The van der Waals surface area contributed by atoms with Gasteiger partial charge in [0, 0.05) is 85.1 Å². The first-order valence-electron chi connectivity index (χ1n) is 37.2. The van der Waals surface area contributed by atoms with Gasteiger partial charge in [0.1, 0.15) is 0 Å². The van der Waals surface area contributed by atoms with Crippen LogP contribution in [0.25, 0.3) is 156 Å². The van der Waals surface area contributed by atoms with E-state index in [1.165, 1.54) is 101 Å². The van der Waals surface area contributed by atoms with E-state index in [9.17, 15) is 0 Å². The Morgan fingerprint density at radius 3 is 1.31 bits per heavy atom. The molecule has 2 heterocycles. The Labute approximate surface area is 637 Å². The molecule has 1 aliphatic carbocycles. The zero-order chi connectivity index (χ0) is 71.4. The van der Waals surface area contributed by atoms with Gasteiger partial charge in [-0.15, -0.1) is 22.7 Å². The molecule has 2 aromatic heterocycles. The maximum absolute atomic E-state index is 2.60. The van der Waals surface area contributed by atoms with Crippen LogP contribution in [0.3, 0.4) is 0 Å². The fourth-order valence-corrected chi connectivity index (χ4v) is 18.8. The van der Waals surface area contributed by atoms with Gasteiger partial charge in [-0.25, -0.2) is 0 Å². The van der Waals surface area contributed by atoms with Crippen molar-refractivity contribution in [2.45, 2.75) is 12.8 Å². The number of nitrogens with zero attached hydrogens (tertiary/aromatic N) is 2. The van der Waals surface area contributed by atoms with E-state index in [2.05, 4.69) is 410 Å². The Morgan fingerprint density at radius 2 is 0.648 bits per heavy atom. The Morgan fingerprint density at radius 1 is 0.222 bits per heavy atom. The van der Waals surface area contributed by atoms with Crippen molar-refractivity contribution < 1.29 is 0 Å². The van der Waals surface area contributed by atoms with Crippen LogP contribution >= 0.6 is 22.7 Å². The molecule has 0 spiro atoms. The van der Waals surface area contributed by atoms with Crippen molar-refractivity contribution in [3.8, 4) is 89.0 Å². The smallest absolute Gasteiger partial charge is 0.0546 e. The van der Waals surface area contributed by atoms with E-state index in [0.29, 0.717) is 0 Å². The van der Waals surface area contributed by atoms with Crippen molar-refractivity contribution in [2.75, 3.05) is 9.80 Å². The Balaban J connectivity index is 0.780. The predicted octanol–water partition coefficient (Wildman–Crippen LogP) is 30.4. The Bertz CT molecular complexity index is 6770. The molecule has 508 valence electrons. The first-order valence-corrected chi connectivity index (χ1v) is 38.9. The molecule has 19 aromatic rings. The average molecular weight is 1410 g/mol. The van der Waals surface area contributed by atoms with Crippen molar-refractivity contribution in [3.63, 3.8) is 0 Å². The van der Waals surface area contributed by atoms with Crippen LogP contribution in [-0.2, 0) is 0 Å². The van der Waals surface area contributed by atoms with Gasteiger partial charge in [-0.3, -0.25) is 0 Å². The van der Waals surface area contributed by atoms with Gasteiger partial charge >= 0.3 is 0 Å². The summed E-state index contributed by atoms with van der Waals surface area (Å²) in [6.07, 6.45) is 6.46. The van der Waals surface area contributed by atoms with E-state index in [1.54, 1.807) is 0 Å². The number of hydrogen-bond donors (Lipinski definition) is 0. The first kappa shape index (κ1) is 64.4. The lowest BCUT2D eigenvalue weighted by Crippen LogP contribution is -2.20. The molecule has 2 nitrogen and oxygen atoms in total. The van der Waals surface area contributed by atoms with Crippen LogP contribution in [-0.4, -0.2) is 0 Å². The van der Waals surface area contributed by atoms with Gasteiger partial charge in [0.15, 0.2) is 0 Å². The number of anilines is 5. The molecule has 108 heavy (non-hydrogen) atoms. The number of para-hydroxylation sites is 2. The minimum absolute atomic E-state index is 0.846. The maximum atomic E-state index is 2.60. The minimum atomic E-state index is 0.846. The summed E-state index contributed by atoms with van der Waals surface area (Å²) >= 11 is 3.74. The van der Waals surface area contributed by atoms with Crippen LogP contribution in [0.15, 0.2) is 406 Å². The van der Waals surface area contributed by atoms with Gasteiger partial charge in [-0.05, 0) is 186 Å². The minimum Gasteiger partial charge on any atom is -0.313 e. The quantitative estimate of drug-likeness (QED) is 0.101. The van der Waals surface area contributed by atoms with E-state index in [-0.39, 0.29) is 0 Å². The van der Waals surface area contributed by atoms with Crippen molar-refractivity contribution in [2.24, 2.45) is 0 Å². The number of hydrogen-bond acceptors (Lipinski definition) is 4. The molecule has 4 heteroatoms. The number of benzene rings is 17. The second-order valence-corrected chi connectivity index (χ2v) is 30.3. The summed E-state index contributed by atoms with van der Waals surface area (Å²) in [7, 11) is 0. The summed E-state index contributed by atoms with van der Waals surface area (Å²) in [6.45, 7) is 0. The third-order valence-electron chi connectivity index (χ3n) is 21.7. The monoisotopic (exact) mass is 1410 g/mol. The van der Waals surface area contributed by atoms with E-state index in [4.69, 9.17) is 0 Å². The third-order valence-corrected chi connectivity index (χ3v) is 24.1. The molecule has 1 aliphatic rings. The van der Waals surface area contributed by atoms with Crippen molar-refractivity contribution >= 4 is 119 Å². The third kappa shape index (κ3) is 11.9. The molecule has 0 fully saturated rings. The number of allylic oxidation sites excluding steroid dienone is 4. The van der Waals surface area contributed by atoms with Crippen LogP contribution in [0.5, 0.6) is 0 Å². The summed E-state index contributed by atoms with van der Waals surface area (Å²) < 4.78 is 5.16. The highest BCUT2D eigenvalue weighted by Gasteiger charge is 2.28. The summed E-state index contributed by atoms with van der Waals surface area (Å²) in [5.41, 5.74) is 27.4. The van der Waals surface area contributed by atoms with Crippen LogP contribution in [0.4, 0.5) is 28.4 Å². The second kappa shape index (κ2) is 27.7. The maximum Gasteiger partial charge on any atom is 0.0546 e. The lowest BCUT2D eigenvalue weighted by molar-refractivity contribution is 0.924. The summed E-state index contributed by atoms with van der Waals surface area (Å²) in [5, 5.41) is 9.99. The molecule has 0 unspecified atom stereocenters. The van der Waals surface area contributed by atoms with E-state index in [1.807, 2.05) is 22.7 Å². The average Bonchev–Trinajstić information content (AvgIpc) is 1.12. The normalized spacial score (nSPS) is 12.3. The van der Waals surface area contributed by atoms with E-state index in [0.717, 1.165) is 108 Å². The lowest BCUT2D eigenvalue weighted by atomic mass is 9.90. The van der Waals surface area contributed by atoms with Crippen molar-refractivity contribution in [1.29, 1.82) is 0 Å². The molecule has 0 amide bonds. The van der Waals surface area contributed by atoms with Gasteiger partial charge in [0.25, 0.3) is 0 Å². The van der Waals surface area contributed by atoms with Crippen molar-refractivity contribution in [1.82, 2.24) is 0 Å². The molecule has 0 saturated heterocycles. The van der Waals surface area contributed by atoms with Crippen molar-refractivity contribution in [3.05, 3.63) is 412 Å². The molecule has 0 N–H and O–H groups in total. The molecule has 17 aromatic carbocycles. The van der Waals surface area contributed by atoms with Gasteiger partial charge < -0.3 is 9.80 Å². The van der Waals surface area contributed by atoms with Crippen LogP contribution < -0.4 is 9.80 Å². The molecular formula is C104H70N2S2. The van der Waals surface area contributed by atoms with Gasteiger partial charge in [-0.2, -0.15) is 0 Å². The number of rotatable bonds is 15. The zero-order valence-electron chi connectivity index (χ0n) is 59.2. The highest BCUT2D eigenvalue weighted by molar-refractivity contribution is 7.26. The SMILES string of the molecule is C1=CC(c2ccccc2)=C(N(c2cccc(-c3ccc4sc5ccccc5c4c3)c2)c2cc(-c3ccc4ccccc4c3)ccc2-c2cccc(-c3cccc(-c4ccc(-c5ccc6ccccc6c5)cc4N(c4ccccc4-c4ccccc4)c4ccccc4-c4cccc5c4sc4ccccc45)c3)c2)CC1. The molecule has 20 rings (SSSR count). The number of fused-ring (bicyclic) bond motifs is 8. The standard InChI is InChI=1S/C104H70N2S2/c1-3-27-71(28-4-1)86-39-11-16-46-96(86)105(85-38-23-35-77(65-85)80-57-60-103-95(66-80)92-43-15-19-49-101(92)107-103)99-67-81(78-53-51-69-25-7-9-31-73(69)61-78)55-58-88(99)83-36-21-33-75(63-83)76-34-22-37-84(64-76)89-59-56-82(79-54-52-70-26-8-10-32-74(70)62-79)68-100(89)106(97-47-17-12-40-87(97)72-29-5-2-6-30-72)98-48-18-13-41-90(98)93-44-24-45-94-91-42-14-20-50-102(91)108-104(93)94/h1-15,17-45,47-68H,16,46H2. The molecule has 0 radical (unpaired) electrons. The van der Waals surface area contributed by atoms with E-state index >= 15 is 0 Å². The topological polar surface area (TPSA) is 6.48 Å². The fourth-order valence-electron chi connectivity index (χ4n) is 16.5. The lowest BCUT2D eigenvalue weighted by Gasteiger charge is -2.34. The number of thiophene rings is 2. The van der Waals surface area contributed by atoms with Gasteiger partial charge in [0.05, 0.1) is 22.7 Å².